The lowest BCUT2D eigenvalue weighted by Crippen LogP contribution is -2.17. The molecule has 0 saturated carbocycles. The second kappa shape index (κ2) is 40.0. The average molecular weight is 1960 g/mol. The standard InChI is InChI=1S/C135H147Cl3N6/c1-88-76-118(139(106-58-40-97(41-59-106)127(4,5)6)107-60-42-98(43-61-107)128(7,8)9)124(136)121(79-88)142(112-70-52-103(53-71-112)133(22,23)24)115-37-31-34-91(85-115)94-82-95(92-35-32-38-116(86-92)143(113-72-54-104(55-73-113)134(25,26)27)122-80-89(2)77-119(125(122)137)140(108-62-44-99(45-63-108)129(10,11)12)109-64-46-100(47-65-109)130(13,14)15)84-96(83-94)93-36-33-39-117(87-93)144(114-74-56-105(57-75-114)135(28,29)30)123-81-90(3)78-120(126(123)138)141(110-66-48-101(49-67-110)131(16,17)18)111-68-50-102(51-69-111)132(19,20)21/h31-87H,1-30H3. The van der Waals surface area contributed by atoms with E-state index < -0.39 is 0 Å². The van der Waals surface area contributed by atoms with Crippen molar-refractivity contribution < 1.29 is 0 Å². The summed E-state index contributed by atoms with van der Waals surface area (Å²) in [6.45, 7) is 67.9. The van der Waals surface area contributed by atoms with Gasteiger partial charge in [-0.15, -0.1) is 0 Å². The molecule has 144 heavy (non-hydrogen) atoms. The fourth-order valence-electron chi connectivity index (χ4n) is 19.3. The van der Waals surface area contributed by atoms with Crippen molar-refractivity contribution in [1.29, 1.82) is 0 Å². The Kier molecular flexibility index (Phi) is 28.9. The van der Waals surface area contributed by atoms with E-state index in [1.807, 2.05) is 0 Å². The van der Waals surface area contributed by atoms with Crippen LogP contribution in [0, 0.1) is 20.8 Å². The number of hydrogen-bond acceptors (Lipinski definition) is 6. The Balaban J connectivity index is 0.927. The molecule has 0 fully saturated rings. The third kappa shape index (κ3) is 22.8. The maximum Gasteiger partial charge on any atom is 0.0887 e. The Morgan fingerprint density at radius 2 is 0.264 bits per heavy atom. The van der Waals surface area contributed by atoms with E-state index in [9.17, 15) is 0 Å². The van der Waals surface area contributed by atoms with Gasteiger partial charge in [0.2, 0.25) is 0 Å². The first-order chi connectivity index (χ1) is 67.5. The van der Waals surface area contributed by atoms with E-state index in [0.29, 0.717) is 15.1 Å². The van der Waals surface area contributed by atoms with E-state index in [2.05, 4.69) is 583 Å². The van der Waals surface area contributed by atoms with Crippen molar-refractivity contribution in [2.75, 3.05) is 29.4 Å². The van der Waals surface area contributed by atoms with Crippen LogP contribution in [0.25, 0.3) is 33.4 Å². The molecule has 16 aromatic rings. The summed E-state index contributed by atoms with van der Waals surface area (Å²) in [5.74, 6) is 0. The van der Waals surface area contributed by atoms with E-state index in [0.717, 1.165) is 152 Å². The topological polar surface area (TPSA) is 19.4 Å². The Hall–Kier alpha value is -12.8. The molecule has 0 unspecified atom stereocenters. The van der Waals surface area contributed by atoms with Gasteiger partial charge < -0.3 is 29.4 Å². The van der Waals surface area contributed by atoms with Gasteiger partial charge >= 0.3 is 0 Å². The van der Waals surface area contributed by atoms with Crippen LogP contribution in [0.4, 0.5) is 102 Å². The monoisotopic (exact) mass is 1960 g/mol. The summed E-state index contributed by atoms with van der Waals surface area (Å²) in [6, 6.07) is 129. The molecule has 0 atom stereocenters. The van der Waals surface area contributed by atoms with Gasteiger partial charge in [-0.05, 0) is 370 Å². The first kappa shape index (κ1) is 104. The van der Waals surface area contributed by atoms with Crippen molar-refractivity contribution in [3.63, 3.8) is 0 Å². The Labute approximate surface area is 877 Å². The van der Waals surface area contributed by atoms with Gasteiger partial charge in [-0.3, -0.25) is 0 Å². The number of halogens is 3. The van der Waals surface area contributed by atoms with Crippen molar-refractivity contribution >= 4 is 137 Å². The minimum absolute atomic E-state index is 0.0609. The number of benzene rings is 16. The SMILES string of the molecule is Cc1cc(N(c2ccc(C(C)(C)C)cc2)c2ccc(C(C)(C)C)cc2)c(Cl)c(N(c2ccc(C(C)(C)C)cc2)c2cccc(-c3cc(-c4cccc(N(c5ccc(C(C)(C)C)cc5)c5cc(C)cc(N(c6ccc(C(C)(C)C)cc6)c6ccc(C(C)(C)C)cc6)c5Cl)c4)cc(-c4cccc(N(c5ccc(C(C)(C)C)cc5)c5cc(C)cc(N(c6ccc(C(C)(C)C)cc6)c6ccc(C(C)(C)C)cc6)c5Cl)c4)c3)c2)c1. The molecule has 0 heterocycles. The number of hydrogen-bond donors (Lipinski definition) is 0. The van der Waals surface area contributed by atoms with Gasteiger partial charge in [0.15, 0.2) is 0 Å². The maximum atomic E-state index is 8.43. The van der Waals surface area contributed by atoms with E-state index in [-0.39, 0.29) is 48.7 Å². The summed E-state index contributed by atoms with van der Waals surface area (Å²) in [4.78, 5) is 14.1. The van der Waals surface area contributed by atoms with E-state index in [1.165, 1.54) is 50.1 Å². The molecular weight excluding hydrogens is 1810 g/mol. The fraction of sp³-hybridized carbons (Fsp3) is 0.289. The molecule has 0 radical (unpaired) electrons. The Morgan fingerprint density at radius 1 is 0.139 bits per heavy atom. The molecule has 16 aromatic carbocycles. The zero-order valence-electron chi connectivity index (χ0n) is 90.7. The van der Waals surface area contributed by atoms with E-state index in [1.54, 1.807) is 0 Å². The van der Waals surface area contributed by atoms with Crippen LogP contribution in [-0.4, -0.2) is 0 Å². The molecule has 0 spiro atoms. The second-order valence-corrected chi connectivity index (χ2v) is 50.1. The zero-order chi connectivity index (χ0) is 104. The molecule has 0 aliphatic carbocycles. The lowest BCUT2D eigenvalue weighted by atomic mass is 9.86. The zero-order valence-corrected chi connectivity index (χ0v) is 93.0. The lowest BCUT2D eigenvalue weighted by molar-refractivity contribution is 0.590. The number of aryl methyl sites for hydroxylation is 3. The van der Waals surface area contributed by atoms with Crippen LogP contribution in [0.1, 0.15) is 254 Å². The third-order valence-electron chi connectivity index (χ3n) is 28.2. The molecule has 16 rings (SSSR count). The summed E-state index contributed by atoms with van der Waals surface area (Å²) in [6.07, 6.45) is 0. The number of rotatable bonds is 21. The number of anilines is 18. The van der Waals surface area contributed by atoms with Gasteiger partial charge in [-0.1, -0.05) is 367 Å². The molecular formula is C135H147Cl3N6. The van der Waals surface area contributed by atoms with Gasteiger partial charge in [0, 0.05) is 68.2 Å². The third-order valence-corrected chi connectivity index (χ3v) is 29.3. The Morgan fingerprint density at radius 3 is 0.389 bits per heavy atom. The average Bonchev–Trinajstić information content (AvgIpc) is 0.751. The summed E-state index contributed by atoms with van der Waals surface area (Å²) in [5.41, 5.74) is 36.4. The van der Waals surface area contributed by atoms with Crippen molar-refractivity contribution in [2.45, 2.75) is 256 Å². The predicted molar refractivity (Wildman–Crippen MR) is 628 cm³/mol. The largest absolute Gasteiger partial charge is 0.309 e. The molecule has 6 nitrogen and oxygen atoms in total. The van der Waals surface area contributed by atoms with Crippen molar-refractivity contribution in [3.05, 3.63) is 428 Å². The quantitative estimate of drug-likeness (QED) is 0.0709. The molecule has 0 N–H and O–H groups in total. The first-order valence-electron chi connectivity index (χ1n) is 51.1. The highest BCUT2D eigenvalue weighted by molar-refractivity contribution is 6.38. The molecule has 0 bridgehead atoms. The van der Waals surface area contributed by atoms with Crippen LogP contribution in [-0.2, 0) is 48.7 Å². The van der Waals surface area contributed by atoms with Gasteiger partial charge in [-0.25, -0.2) is 0 Å². The summed E-state index contributed by atoms with van der Waals surface area (Å²) in [5, 5.41) is 1.80. The highest BCUT2D eigenvalue weighted by Crippen LogP contribution is 2.55. The second-order valence-electron chi connectivity index (χ2n) is 49.0. The smallest absolute Gasteiger partial charge is 0.0887 e. The predicted octanol–water partition coefficient (Wildman–Crippen LogP) is 42.1. The normalized spacial score (nSPS) is 12.5. The van der Waals surface area contributed by atoms with Crippen LogP contribution >= 0.6 is 34.8 Å². The minimum Gasteiger partial charge on any atom is -0.309 e. The Bertz CT molecular complexity index is 6410. The fourth-order valence-corrected chi connectivity index (χ4v) is 20.2. The van der Waals surface area contributed by atoms with Crippen molar-refractivity contribution in [2.24, 2.45) is 0 Å². The van der Waals surface area contributed by atoms with Gasteiger partial charge in [-0.2, -0.15) is 0 Å². The van der Waals surface area contributed by atoms with E-state index in [4.69, 9.17) is 34.8 Å². The van der Waals surface area contributed by atoms with Crippen LogP contribution in [0.15, 0.2) is 346 Å². The minimum atomic E-state index is -0.117. The molecule has 0 aliphatic heterocycles. The molecule has 738 valence electrons. The molecule has 0 aliphatic rings. The van der Waals surface area contributed by atoms with Gasteiger partial charge in [0.05, 0.1) is 49.2 Å². The molecule has 0 amide bonds. The lowest BCUT2D eigenvalue weighted by Gasteiger charge is -2.33. The molecule has 9 heteroatoms. The van der Waals surface area contributed by atoms with E-state index >= 15 is 0 Å². The highest BCUT2D eigenvalue weighted by Gasteiger charge is 2.33. The van der Waals surface area contributed by atoms with Crippen LogP contribution < -0.4 is 29.4 Å². The maximum absolute atomic E-state index is 8.43. The van der Waals surface area contributed by atoms with Crippen molar-refractivity contribution in [3.8, 4) is 33.4 Å². The molecule has 0 aromatic heterocycles. The van der Waals surface area contributed by atoms with Crippen LogP contribution in [0.3, 0.4) is 0 Å². The van der Waals surface area contributed by atoms with Crippen LogP contribution in [0.5, 0.6) is 0 Å². The highest BCUT2D eigenvalue weighted by atomic mass is 35.5. The molecule has 0 saturated heterocycles. The first-order valence-corrected chi connectivity index (χ1v) is 52.3. The summed E-state index contributed by atoms with van der Waals surface area (Å²) in [7, 11) is 0. The number of nitrogens with zero attached hydrogens (tertiary/aromatic N) is 6. The van der Waals surface area contributed by atoms with Crippen molar-refractivity contribution in [1.82, 2.24) is 0 Å². The summed E-state index contributed by atoms with van der Waals surface area (Å²) >= 11 is 25.3. The van der Waals surface area contributed by atoms with Gasteiger partial charge in [0.25, 0.3) is 0 Å². The van der Waals surface area contributed by atoms with Gasteiger partial charge in [0.1, 0.15) is 0 Å². The van der Waals surface area contributed by atoms with Crippen LogP contribution in [0.2, 0.25) is 15.1 Å². The summed E-state index contributed by atoms with van der Waals surface area (Å²) < 4.78 is 0.